The minimum Gasteiger partial charge on any atom is -0.361 e. The number of hydrogen-bond acceptors (Lipinski definition) is 6. The second-order valence-electron chi connectivity index (χ2n) is 8.23. The third-order valence-electron chi connectivity index (χ3n) is 5.63. The van der Waals surface area contributed by atoms with E-state index in [0.717, 1.165) is 55.7 Å². The van der Waals surface area contributed by atoms with E-state index in [1.165, 1.54) is 22.3 Å². The van der Waals surface area contributed by atoms with Crippen LogP contribution in [0.2, 0.25) is 0 Å². The summed E-state index contributed by atoms with van der Waals surface area (Å²) in [5.74, 6) is -0.0684. The van der Waals surface area contributed by atoms with Gasteiger partial charge in [0, 0.05) is 43.3 Å². The molecule has 1 aromatic carbocycles. The van der Waals surface area contributed by atoms with Crippen LogP contribution in [-0.2, 0) is 11.2 Å². The summed E-state index contributed by atoms with van der Waals surface area (Å²) in [6.07, 6.45) is 8.51. The maximum atomic E-state index is 13.0. The third kappa shape index (κ3) is 6.40. The summed E-state index contributed by atoms with van der Waals surface area (Å²) in [4.78, 5) is 36.0. The van der Waals surface area contributed by atoms with Crippen molar-refractivity contribution in [1.82, 2.24) is 20.2 Å². The maximum Gasteiger partial charge on any atom is 0.263 e. The van der Waals surface area contributed by atoms with Gasteiger partial charge in [0.2, 0.25) is 0 Å². The molecular formula is C24H33N5O2S. The summed E-state index contributed by atoms with van der Waals surface area (Å²) >= 11 is 1.40. The summed E-state index contributed by atoms with van der Waals surface area (Å²) < 4.78 is 0. The van der Waals surface area contributed by atoms with Gasteiger partial charge in [0.05, 0.1) is 12.7 Å². The van der Waals surface area contributed by atoms with Gasteiger partial charge in [-0.25, -0.2) is 4.98 Å². The van der Waals surface area contributed by atoms with Crippen molar-refractivity contribution in [2.45, 2.75) is 38.6 Å². The van der Waals surface area contributed by atoms with E-state index in [-0.39, 0.29) is 11.9 Å². The molecule has 0 aliphatic rings. The first kappa shape index (κ1) is 23.9. The Bertz CT molecular complexity index is 1010. The minimum absolute atomic E-state index is 0.0684. The average Bonchev–Trinajstić information content (AvgIpc) is 3.44. The lowest BCUT2D eigenvalue weighted by atomic mass is 10.0. The number of thiazole rings is 1. The molecule has 0 fully saturated rings. The molecule has 1 amide bonds. The van der Waals surface area contributed by atoms with Gasteiger partial charge in [0.1, 0.15) is 11.2 Å². The van der Waals surface area contributed by atoms with E-state index in [2.05, 4.69) is 40.5 Å². The van der Waals surface area contributed by atoms with Gasteiger partial charge in [0.25, 0.3) is 5.91 Å². The number of hydrogen-bond donors (Lipinski definition) is 2. The van der Waals surface area contributed by atoms with E-state index < -0.39 is 0 Å². The average molecular weight is 456 g/mol. The zero-order chi connectivity index (χ0) is 22.9. The standard InChI is InChI=1S/C24H33N5O2S/c1-4-5-8-19(15-18-16-25-21-10-7-6-9-20(18)21)27-23(31)22-17-26-24(32-22)29(3)12-11-28(2)13-14-30/h6-7,9-10,14,16-17,19,25H,4-5,8,11-13,15H2,1-3H3,(H,27,31). The van der Waals surface area contributed by atoms with Crippen molar-refractivity contribution in [1.29, 1.82) is 0 Å². The minimum atomic E-state index is -0.0684. The van der Waals surface area contributed by atoms with Crippen LogP contribution in [0, 0.1) is 0 Å². The summed E-state index contributed by atoms with van der Waals surface area (Å²) in [7, 11) is 3.86. The molecule has 32 heavy (non-hydrogen) atoms. The van der Waals surface area contributed by atoms with Gasteiger partial charge in [-0.15, -0.1) is 0 Å². The molecule has 3 aromatic rings. The molecule has 2 heterocycles. The van der Waals surface area contributed by atoms with Crippen LogP contribution in [0.3, 0.4) is 0 Å². The summed E-state index contributed by atoms with van der Waals surface area (Å²) in [5.41, 5.74) is 2.35. The third-order valence-corrected chi connectivity index (χ3v) is 6.74. The number of fused-ring (bicyclic) bond motifs is 1. The first-order chi connectivity index (χ1) is 15.5. The number of carbonyl (C=O) groups excluding carboxylic acids is 2. The second-order valence-corrected chi connectivity index (χ2v) is 9.24. The summed E-state index contributed by atoms with van der Waals surface area (Å²) in [6.45, 7) is 4.07. The van der Waals surface area contributed by atoms with Crippen LogP contribution < -0.4 is 10.2 Å². The normalized spacial score (nSPS) is 12.2. The number of anilines is 1. The number of para-hydroxylation sites is 1. The molecule has 0 saturated heterocycles. The van der Waals surface area contributed by atoms with Crippen molar-refractivity contribution < 1.29 is 9.59 Å². The highest BCUT2D eigenvalue weighted by molar-refractivity contribution is 7.17. The smallest absolute Gasteiger partial charge is 0.263 e. The van der Waals surface area contributed by atoms with Crippen LogP contribution in [0.15, 0.2) is 36.7 Å². The van der Waals surface area contributed by atoms with E-state index in [9.17, 15) is 9.59 Å². The van der Waals surface area contributed by atoms with E-state index in [0.29, 0.717) is 11.4 Å². The van der Waals surface area contributed by atoms with Crippen LogP contribution in [-0.4, -0.2) is 66.8 Å². The highest BCUT2D eigenvalue weighted by Gasteiger charge is 2.19. The van der Waals surface area contributed by atoms with E-state index in [1.54, 1.807) is 6.20 Å². The Morgan fingerprint density at radius 3 is 2.88 bits per heavy atom. The van der Waals surface area contributed by atoms with Crippen molar-refractivity contribution in [3.63, 3.8) is 0 Å². The largest absolute Gasteiger partial charge is 0.361 e. The quantitative estimate of drug-likeness (QED) is 0.384. The van der Waals surface area contributed by atoms with Gasteiger partial charge in [-0.3, -0.25) is 9.69 Å². The van der Waals surface area contributed by atoms with Crippen LogP contribution in [0.25, 0.3) is 10.9 Å². The number of unbranched alkanes of at least 4 members (excludes halogenated alkanes) is 1. The van der Waals surface area contributed by atoms with Gasteiger partial charge >= 0.3 is 0 Å². The molecule has 1 unspecified atom stereocenters. The highest BCUT2D eigenvalue weighted by atomic mass is 32.1. The zero-order valence-electron chi connectivity index (χ0n) is 19.1. The molecule has 0 aliphatic carbocycles. The monoisotopic (exact) mass is 455 g/mol. The molecule has 7 nitrogen and oxygen atoms in total. The summed E-state index contributed by atoms with van der Waals surface area (Å²) in [5, 5.41) is 5.26. The first-order valence-electron chi connectivity index (χ1n) is 11.2. The van der Waals surface area contributed by atoms with E-state index >= 15 is 0 Å². The van der Waals surface area contributed by atoms with Gasteiger partial charge in [-0.1, -0.05) is 49.3 Å². The molecule has 2 aromatic heterocycles. The molecule has 0 bridgehead atoms. The number of nitrogens with one attached hydrogen (secondary N) is 2. The lowest BCUT2D eigenvalue weighted by molar-refractivity contribution is -0.108. The number of likely N-dealkylation sites (N-methyl/N-ethyl adjacent to an activating group) is 2. The van der Waals surface area contributed by atoms with Crippen molar-refractivity contribution in [2.24, 2.45) is 0 Å². The first-order valence-corrected chi connectivity index (χ1v) is 12.0. The molecule has 172 valence electrons. The predicted octanol–water partition coefficient (Wildman–Crippen LogP) is 3.72. The van der Waals surface area contributed by atoms with Crippen LogP contribution in [0.4, 0.5) is 5.13 Å². The van der Waals surface area contributed by atoms with Crippen LogP contribution in [0.5, 0.6) is 0 Å². The number of aldehydes is 1. The van der Waals surface area contributed by atoms with Gasteiger partial charge < -0.3 is 20.0 Å². The Kier molecular flexibility index (Phi) is 8.81. The fourth-order valence-electron chi connectivity index (χ4n) is 3.68. The van der Waals surface area contributed by atoms with Gasteiger partial charge in [0.15, 0.2) is 5.13 Å². The number of H-pyrrole nitrogens is 1. The second kappa shape index (κ2) is 11.8. The highest BCUT2D eigenvalue weighted by Crippen LogP contribution is 2.23. The van der Waals surface area contributed by atoms with E-state index in [4.69, 9.17) is 0 Å². The number of amides is 1. The molecule has 0 radical (unpaired) electrons. The Hall–Kier alpha value is -2.71. The zero-order valence-corrected chi connectivity index (χ0v) is 20.0. The molecule has 1 atom stereocenters. The fraction of sp³-hybridized carbons (Fsp3) is 0.458. The summed E-state index contributed by atoms with van der Waals surface area (Å²) in [6, 6.07) is 8.34. The topological polar surface area (TPSA) is 81.3 Å². The molecule has 3 rings (SSSR count). The Balaban J connectivity index is 1.63. The predicted molar refractivity (Wildman–Crippen MR) is 132 cm³/mol. The maximum absolute atomic E-state index is 13.0. The molecule has 0 spiro atoms. The van der Waals surface area contributed by atoms with Crippen molar-refractivity contribution >= 4 is 39.6 Å². The number of benzene rings is 1. The molecular weight excluding hydrogens is 422 g/mol. The van der Waals surface area contributed by atoms with E-state index in [1.807, 2.05) is 36.0 Å². The van der Waals surface area contributed by atoms with Gasteiger partial charge in [-0.2, -0.15) is 0 Å². The number of aromatic amines is 1. The molecule has 0 aliphatic heterocycles. The fourth-order valence-corrected chi connectivity index (χ4v) is 4.49. The van der Waals surface area contributed by atoms with Crippen molar-refractivity contribution in [3.05, 3.63) is 47.1 Å². The lowest BCUT2D eigenvalue weighted by Gasteiger charge is -2.20. The van der Waals surface area contributed by atoms with Gasteiger partial charge in [-0.05, 0) is 31.5 Å². The molecule has 8 heteroatoms. The molecule has 0 saturated carbocycles. The number of carbonyl (C=O) groups is 2. The van der Waals surface area contributed by atoms with Crippen molar-refractivity contribution in [3.8, 4) is 0 Å². The lowest BCUT2D eigenvalue weighted by Crippen LogP contribution is -2.36. The van der Waals surface area contributed by atoms with Crippen LogP contribution in [0.1, 0.15) is 41.4 Å². The SMILES string of the molecule is CCCCC(Cc1c[nH]c2ccccc12)NC(=O)c1cnc(N(C)CCN(C)CC=O)s1. The number of nitrogens with zero attached hydrogens (tertiary/aromatic N) is 3. The number of aromatic nitrogens is 2. The molecule has 2 N–H and O–H groups in total. The van der Waals surface area contributed by atoms with Crippen molar-refractivity contribution in [2.75, 3.05) is 38.6 Å². The Labute approximate surface area is 193 Å². The van der Waals surface area contributed by atoms with Crippen LogP contribution >= 0.6 is 11.3 Å². The number of rotatable bonds is 13. The Morgan fingerprint density at radius 2 is 2.09 bits per heavy atom. The Morgan fingerprint density at radius 1 is 1.28 bits per heavy atom.